The summed E-state index contributed by atoms with van der Waals surface area (Å²) >= 11 is 0. The van der Waals surface area contributed by atoms with Gasteiger partial charge in [0, 0.05) is 43.9 Å². The number of rotatable bonds is 3. The largest absolute Gasteiger partial charge is 0.348 e. The highest BCUT2D eigenvalue weighted by Crippen LogP contribution is 2.24. The van der Waals surface area contributed by atoms with E-state index < -0.39 is 0 Å². The fourth-order valence-electron chi connectivity index (χ4n) is 2.67. The molecular weight excluding hydrogens is 254 g/mol. The van der Waals surface area contributed by atoms with Crippen LogP contribution in [0.3, 0.4) is 0 Å². The normalized spacial score (nSPS) is 17.9. The van der Waals surface area contributed by atoms with Gasteiger partial charge in [0.15, 0.2) is 0 Å². The minimum atomic E-state index is -0.00268. The smallest absolute Gasteiger partial charge is 0.318 e. The second-order valence-corrected chi connectivity index (χ2v) is 5.00. The van der Waals surface area contributed by atoms with E-state index in [2.05, 4.69) is 34.2 Å². The first-order valence-electron chi connectivity index (χ1n) is 6.92. The second kappa shape index (κ2) is 5.40. The zero-order chi connectivity index (χ0) is 13.9. The Balaban J connectivity index is 1.55. The number of aromatic nitrogens is 3. The SMILES string of the molecule is CC1c2cccn2CCN1C(=O)NCCn1cccn1. The predicted molar refractivity (Wildman–Crippen MR) is 75.2 cm³/mol. The molecule has 1 aliphatic rings. The van der Waals surface area contributed by atoms with Crippen molar-refractivity contribution in [2.75, 3.05) is 13.1 Å². The topological polar surface area (TPSA) is 55.1 Å². The van der Waals surface area contributed by atoms with Crippen LogP contribution in [0.5, 0.6) is 0 Å². The van der Waals surface area contributed by atoms with Crippen molar-refractivity contribution in [3.63, 3.8) is 0 Å². The van der Waals surface area contributed by atoms with Gasteiger partial charge in [-0.2, -0.15) is 5.10 Å². The van der Waals surface area contributed by atoms with Crippen LogP contribution in [0.1, 0.15) is 18.7 Å². The summed E-state index contributed by atoms with van der Waals surface area (Å²) in [5.41, 5.74) is 1.19. The van der Waals surface area contributed by atoms with Gasteiger partial charge in [-0.3, -0.25) is 4.68 Å². The maximum absolute atomic E-state index is 12.2. The summed E-state index contributed by atoms with van der Waals surface area (Å²) in [6, 6.07) is 6.10. The molecule has 3 rings (SSSR count). The maximum Gasteiger partial charge on any atom is 0.318 e. The number of hydrogen-bond acceptors (Lipinski definition) is 2. The summed E-state index contributed by atoms with van der Waals surface area (Å²) in [7, 11) is 0. The quantitative estimate of drug-likeness (QED) is 0.920. The molecule has 0 saturated carbocycles. The van der Waals surface area contributed by atoms with Crippen LogP contribution in [0.25, 0.3) is 0 Å². The lowest BCUT2D eigenvalue weighted by Crippen LogP contribution is -2.46. The zero-order valence-corrected chi connectivity index (χ0v) is 11.6. The molecule has 20 heavy (non-hydrogen) atoms. The van der Waals surface area contributed by atoms with Crippen LogP contribution in [-0.4, -0.2) is 38.4 Å². The molecule has 0 bridgehead atoms. The fraction of sp³-hybridized carbons (Fsp3) is 0.429. The van der Waals surface area contributed by atoms with Crippen molar-refractivity contribution in [3.8, 4) is 0 Å². The molecule has 2 aromatic heterocycles. The molecule has 0 saturated heterocycles. The minimum Gasteiger partial charge on any atom is -0.348 e. The van der Waals surface area contributed by atoms with Gasteiger partial charge in [-0.25, -0.2) is 4.79 Å². The molecule has 0 aliphatic carbocycles. The number of urea groups is 1. The van der Waals surface area contributed by atoms with Gasteiger partial charge in [-0.05, 0) is 25.1 Å². The van der Waals surface area contributed by atoms with Crippen LogP contribution in [0.15, 0.2) is 36.8 Å². The fourth-order valence-corrected chi connectivity index (χ4v) is 2.67. The summed E-state index contributed by atoms with van der Waals surface area (Å²) in [4.78, 5) is 14.1. The van der Waals surface area contributed by atoms with Crippen molar-refractivity contribution < 1.29 is 4.79 Å². The van der Waals surface area contributed by atoms with Crippen molar-refractivity contribution in [2.45, 2.75) is 26.1 Å². The van der Waals surface area contributed by atoms with Crippen molar-refractivity contribution in [2.24, 2.45) is 0 Å². The highest BCUT2D eigenvalue weighted by Gasteiger charge is 2.26. The Morgan fingerprint density at radius 1 is 1.40 bits per heavy atom. The van der Waals surface area contributed by atoms with E-state index in [9.17, 15) is 4.79 Å². The number of fused-ring (bicyclic) bond motifs is 1. The molecule has 0 spiro atoms. The van der Waals surface area contributed by atoms with E-state index in [1.54, 1.807) is 6.20 Å². The van der Waals surface area contributed by atoms with Gasteiger partial charge in [0.25, 0.3) is 0 Å². The molecule has 6 nitrogen and oxygen atoms in total. The molecule has 0 radical (unpaired) electrons. The summed E-state index contributed by atoms with van der Waals surface area (Å²) in [5.74, 6) is 0. The van der Waals surface area contributed by atoms with Crippen LogP contribution < -0.4 is 5.32 Å². The first-order chi connectivity index (χ1) is 9.75. The highest BCUT2D eigenvalue weighted by molar-refractivity contribution is 5.74. The summed E-state index contributed by atoms with van der Waals surface area (Å²) in [5, 5.41) is 7.07. The van der Waals surface area contributed by atoms with Gasteiger partial charge in [-0.1, -0.05) is 0 Å². The van der Waals surface area contributed by atoms with E-state index in [-0.39, 0.29) is 12.1 Å². The number of carbonyl (C=O) groups is 1. The maximum atomic E-state index is 12.2. The van der Waals surface area contributed by atoms with E-state index in [0.717, 1.165) is 13.1 Å². The lowest BCUT2D eigenvalue weighted by molar-refractivity contribution is 0.162. The van der Waals surface area contributed by atoms with E-state index in [0.29, 0.717) is 13.1 Å². The Morgan fingerprint density at radius 2 is 2.30 bits per heavy atom. The van der Waals surface area contributed by atoms with Gasteiger partial charge in [-0.15, -0.1) is 0 Å². The summed E-state index contributed by atoms with van der Waals surface area (Å²) in [6.07, 6.45) is 5.70. The van der Waals surface area contributed by atoms with Gasteiger partial charge in [0.05, 0.1) is 12.6 Å². The average molecular weight is 273 g/mol. The first-order valence-corrected chi connectivity index (χ1v) is 6.92. The molecule has 2 aromatic rings. The lowest BCUT2D eigenvalue weighted by atomic mass is 10.1. The Bertz CT molecular complexity index is 574. The van der Waals surface area contributed by atoms with Crippen LogP contribution in [-0.2, 0) is 13.1 Å². The van der Waals surface area contributed by atoms with Crippen molar-refractivity contribution in [1.29, 1.82) is 0 Å². The Labute approximate surface area is 118 Å². The van der Waals surface area contributed by atoms with E-state index >= 15 is 0 Å². The molecule has 1 N–H and O–H groups in total. The Morgan fingerprint density at radius 3 is 3.10 bits per heavy atom. The van der Waals surface area contributed by atoms with Crippen molar-refractivity contribution >= 4 is 6.03 Å². The first kappa shape index (κ1) is 12.8. The van der Waals surface area contributed by atoms with Crippen molar-refractivity contribution in [1.82, 2.24) is 24.6 Å². The molecule has 3 heterocycles. The molecule has 1 atom stereocenters. The molecule has 0 aromatic carbocycles. The van der Waals surface area contributed by atoms with E-state index in [4.69, 9.17) is 0 Å². The summed E-state index contributed by atoms with van der Waals surface area (Å²) in [6.45, 7) is 4.95. The molecule has 106 valence electrons. The molecule has 1 unspecified atom stereocenters. The Kier molecular flexibility index (Phi) is 3.45. The monoisotopic (exact) mass is 273 g/mol. The number of nitrogens with zero attached hydrogens (tertiary/aromatic N) is 4. The summed E-state index contributed by atoms with van der Waals surface area (Å²) < 4.78 is 4.02. The van der Waals surface area contributed by atoms with Gasteiger partial charge in [0.2, 0.25) is 0 Å². The minimum absolute atomic E-state index is 0.00268. The third kappa shape index (κ3) is 2.41. The third-order valence-corrected chi connectivity index (χ3v) is 3.78. The lowest BCUT2D eigenvalue weighted by Gasteiger charge is -2.34. The molecule has 1 aliphatic heterocycles. The molecule has 0 fully saturated rings. The van der Waals surface area contributed by atoms with E-state index in [1.807, 2.05) is 27.9 Å². The third-order valence-electron chi connectivity index (χ3n) is 3.78. The van der Waals surface area contributed by atoms with E-state index in [1.165, 1.54) is 5.69 Å². The van der Waals surface area contributed by atoms with Crippen molar-refractivity contribution in [3.05, 3.63) is 42.5 Å². The molecule has 2 amide bonds. The number of nitrogens with one attached hydrogen (secondary N) is 1. The number of carbonyl (C=O) groups excluding carboxylic acids is 1. The van der Waals surface area contributed by atoms with Crippen LogP contribution in [0.2, 0.25) is 0 Å². The Hall–Kier alpha value is -2.24. The predicted octanol–water partition coefficient (Wildman–Crippen LogP) is 1.47. The number of amides is 2. The highest BCUT2D eigenvalue weighted by atomic mass is 16.2. The van der Waals surface area contributed by atoms with Gasteiger partial charge in [0.1, 0.15) is 0 Å². The average Bonchev–Trinajstić information content (AvgIpc) is 3.09. The molecule has 6 heteroatoms. The van der Waals surface area contributed by atoms with Crippen LogP contribution in [0.4, 0.5) is 4.79 Å². The van der Waals surface area contributed by atoms with Crippen LogP contribution in [0, 0.1) is 0 Å². The zero-order valence-electron chi connectivity index (χ0n) is 11.6. The van der Waals surface area contributed by atoms with Gasteiger partial charge < -0.3 is 14.8 Å². The number of hydrogen-bond donors (Lipinski definition) is 1. The van der Waals surface area contributed by atoms with Crippen LogP contribution >= 0.6 is 0 Å². The molecular formula is C14H19N5O. The van der Waals surface area contributed by atoms with Gasteiger partial charge >= 0.3 is 6.03 Å². The standard InChI is InChI=1S/C14H19N5O/c1-12-13-4-2-7-17(13)10-11-19(12)14(20)15-6-9-18-8-3-5-16-18/h2-5,7-8,12H,6,9-11H2,1H3,(H,15,20). The second-order valence-electron chi connectivity index (χ2n) is 5.00.